The molecule has 1 amide bonds. The van der Waals surface area contributed by atoms with Crippen molar-refractivity contribution in [3.8, 4) is 0 Å². The predicted octanol–water partition coefficient (Wildman–Crippen LogP) is 1.87. The first-order chi connectivity index (χ1) is 13.4. The number of hydrogen-bond donors (Lipinski definition) is 1. The van der Waals surface area contributed by atoms with E-state index in [1.54, 1.807) is 24.3 Å². The molecule has 2 aromatic heterocycles. The van der Waals surface area contributed by atoms with Crippen molar-refractivity contribution in [3.05, 3.63) is 62.9 Å². The van der Waals surface area contributed by atoms with Gasteiger partial charge in [-0.3, -0.25) is 14.5 Å². The van der Waals surface area contributed by atoms with Gasteiger partial charge in [-0.2, -0.15) is 0 Å². The van der Waals surface area contributed by atoms with Crippen LogP contribution >= 0.6 is 11.6 Å². The van der Waals surface area contributed by atoms with Crippen LogP contribution in [0.2, 0.25) is 5.02 Å². The summed E-state index contributed by atoms with van der Waals surface area (Å²) < 4.78 is 16.7. The number of aromatic nitrogens is 3. The summed E-state index contributed by atoms with van der Waals surface area (Å²) in [4.78, 5) is 26.9. The van der Waals surface area contributed by atoms with E-state index in [9.17, 15) is 14.0 Å². The molecule has 4 rings (SSSR count). The van der Waals surface area contributed by atoms with Gasteiger partial charge in [-0.15, -0.1) is 5.10 Å². The number of benzene rings is 1. The van der Waals surface area contributed by atoms with E-state index in [1.807, 2.05) is 0 Å². The number of anilines is 1. The van der Waals surface area contributed by atoms with Gasteiger partial charge in [0, 0.05) is 49.4 Å². The Hall–Kier alpha value is -2.71. The van der Waals surface area contributed by atoms with Gasteiger partial charge in [-0.25, -0.2) is 8.91 Å². The number of aryl methyl sites for hydroxylation is 1. The van der Waals surface area contributed by atoms with E-state index in [0.717, 1.165) is 0 Å². The number of carbonyl (C=O) groups is 1. The second-order valence-electron chi connectivity index (χ2n) is 6.91. The van der Waals surface area contributed by atoms with E-state index in [1.165, 1.54) is 27.3 Å². The number of fused-ring (bicyclic) bond motifs is 1. The van der Waals surface area contributed by atoms with Crippen LogP contribution in [0.1, 0.15) is 24.0 Å². The maximum atomic E-state index is 13.8. The summed E-state index contributed by atoms with van der Waals surface area (Å²) >= 11 is 6.25. The first kappa shape index (κ1) is 18.6. The molecule has 1 aliphatic rings. The fraction of sp³-hybridized carbons (Fsp3) is 0.316. The summed E-state index contributed by atoms with van der Waals surface area (Å²) in [5.74, 6) is -0.147. The Morgan fingerprint density at radius 1 is 1.32 bits per heavy atom. The highest BCUT2D eigenvalue weighted by molar-refractivity contribution is 6.31. The molecule has 1 saturated heterocycles. The van der Waals surface area contributed by atoms with Crippen LogP contribution < -0.4 is 16.2 Å². The molecule has 146 valence electrons. The van der Waals surface area contributed by atoms with E-state index in [4.69, 9.17) is 17.3 Å². The zero-order valence-corrected chi connectivity index (χ0v) is 16.0. The summed E-state index contributed by atoms with van der Waals surface area (Å²) in [7, 11) is 1.64. The lowest BCUT2D eigenvalue weighted by molar-refractivity contribution is -0.117. The van der Waals surface area contributed by atoms with Crippen molar-refractivity contribution in [1.82, 2.24) is 14.2 Å². The van der Waals surface area contributed by atoms with Gasteiger partial charge in [0.2, 0.25) is 5.91 Å². The fourth-order valence-corrected chi connectivity index (χ4v) is 3.86. The smallest absolute Gasteiger partial charge is 0.276 e. The second kappa shape index (κ2) is 7.03. The van der Waals surface area contributed by atoms with E-state index in [-0.39, 0.29) is 30.5 Å². The molecule has 0 saturated carbocycles. The van der Waals surface area contributed by atoms with Gasteiger partial charge in [0.1, 0.15) is 11.3 Å². The molecule has 0 aliphatic carbocycles. The first-order valence-electron chi connectivity index (χ1n) is 8.93. The minimum atomic E-state index is -0.428. The maximum absolute atomic E-state index is 13.8. The average molecular weight is 404 g/mol. The van der Waals surface area contributed by atoms with Gasteiger partial charge in [-0.1, -0.05) is 11.6 Å². The Kier molecular flexibility index (Phi) is 4.68. The van der Waals surface area contributed by atoms with Gasteiger partial charge in [0.25, 0.3) is 5.56 Å². The molecule has 0 radical (unpaired) electrons. The van der Waals surface area contributed by atoms with Crippen molar-refractivity contribution in [2.75, 3.05) is 11.4 Å². The summed E-state index contributed by atoms with van der Waals surface area (Å²) in [6.45, 7) is 0.289. The molecular weight excluding hydrogens is 385 g/mol. The zero-order valence-electron chi connectivity index (χ0n) is 15.2. The van der Waals surface area contributed by atoms with Crippen molar-refractivity contribution in [2.45, 2.75) is 25.3 Å². The largest absolute Gasteiger partial charge is 0.328 e. The molecule has 0 bridgehead atoms. The third-order valence-electron chi connectivity index (χ3n) is 5.14. The molecule has 2 N–H and O–H groups in total. The molecule has 3 heterocycles. The fourth-order valence-electron chi connectivity index (χ4n) is 3.67. The van der Waals surface area contributed by atoms with Crippen LogP contribution in [0.3, 0.4) is 0 Å². The van der Waals surface area contributed by atoms with E-state index < -0.39 is 5.82 Å². The first-order valence-corrected chi connectivity index (χ1v) is 9.31. The normalized spacial score (nSPS) is 17.1. The van der Waals surface area contributed by atoms with Crippen LogP contribution in [0, 0.1) is 5.82 Å². The van der Waals surface area contributed by atoms with Crippen LogP contribution in [0.5, 0.6) is 0 Å². The molecule has 28 heavy (non-hydrogen) atoms. The van der Waals surface area contributed by atoms with Crippen molar-refractivity contribution >= 4 is 28.8 Å². The van der Waals surface area contributed by atoms with Crippen LogP contribution in [0.15, 0.2) is 35.4 Å². The molecule has 0 spiro atoms. The molecular formula is C19H19ClFN5O2. The highest BCUT2D eigenvalue weighted by atomic mass is 35.5. The summed E-state index contributed by atoms with van der Waals surface area (Å²) in [6, 6.07) is 3.88. The molecule has 3 aromatic rings. The lowest BCUT2D eigenvalue weighted by Gasteiger charge is -2.22. The minimum Gasteiger partial charge on any atom is -0.328 e. The molecule has 1 aromatic carbocycles. The number of carbonyl (C=O) groups excluding carboxylic acids is 1. The Labute approximate surface area is 165 Å². The summed E-state index contributed by atoms with van der Waals surface area (Å²) in [6.07, 6.45) is 4.40. The van der Waals surface area contributed by atoms with Crippen molar-refractivity contribution in [1.29, 1.82) is 0 Å². The van der Waals surface area contributed by atoms with Gasteiger partial charge in [-0.05, 0) is 30.2 Å². The molecule has 1 fully saturated rings. The van der Waals surface area contributed by atoms with Crippen LogP contribution in [-0.4, -0.2) is 32.7 Å². The molecule has 1 aliphatic heterocycles. The molecule has 1 unspecified atom stereocenters. The molecule has 9 heteroatoms. The highest BCUT2D eigenvalue weighted by Crippen LogP contribution is 2.32. The molecule has 1 atom stereocenters. The third-order valence-corrected chi connectivity index (χ3v) is 5.51. The SMILES string of the molecule is Cn1ccn2nc(N3C(=O)CCC3CN)c(Cc3cc(F)ccc3Cl)c2c1=O. The standard InChI is InChI=1S/C19H19ClFN5O2/c1-24-6-7-25-17(19(24)28)14(9-11-8-12(21)2-4-15(11)20)18(23-25)26-13(10-22)3-5-16(26)27/h2,4,6-8,13H,3,5,9-10,22H2,1H3. The second-order valence-corrected chi connectivity index (χ2v) is 7.32. The number of amides is 1. The number of rotatable bonds is 4. The number of nitrogens with two attached hydrogens (primary N) is 1. The Balaban J connectivity index is 1.96. The van der Waals surface area contributed by atoms with Gasteiger partial charge in [0.15, 0.2) is 5.82 Å². The van der Waals surface area contributed by atoms with Crippen molar-refractivity contribution in [2.24, 2.45) is 12.8 Å². The van der Waals surface area contributed by atoms with Gasteiger partial charge < -0.3 is 10.3 Å². The monoisotopic (exact) mass is 403 g/mol. The quantitative estimate of drug-likeness (QED) is 0.720. The minimum absolute atomic E-state index is 0.0951. The van der Waals surface area contributed by atoms with Gasteiger partial charge >= 0.3 is 0 Å². The van der Waals surface area contributed by atoms with Gasteiger partial charge in [0.05, 0.1) is 6.04 Å². The summed E-state index contributed by atoms with van der Waals surface area (Å²) in [5.41, 5.74) is 6.96. The maximum Gasteiger partial charge on any atom is 0.276 e. The topological polar surface area (TPSA) is 85.6 Å². The Bertz CT molecular complexity index is 1140. The predicted molar refractivity (Wildman–Crippen MR) is 104 cm³/mol. The Morgan fingerprint density at radius 3 is 2.86 bits per heavy atom. The Morgan fingerprint density at radius 2 is 2.11 bits per heavy atom. The summed E-state index contributed by atoms with van der Waals surface area (Å²) in [5, 5.41) is 4.89. The number of hydrogen-bond acceptors (Lipinski definition) is 4. The van der Waals surface area contributed by atoms with Crippen molar-refractivity contribution in [3.63, 3.8) is 0 Å². The highest BCUT2D eigenvalue weighted by Gasteiger charge is 2.35. The lowest BCUT2D eigenvalue weighted by atomic mass is 10.0. The zero-order chi connectivity index (χ0) is 20.0. The lowest BCUT2D eigenvalue weighted by Crippen LogP contribution is -2.38. The van der Waals surface area contributed by atoms with E-state index in [2.05, 4.69) is 5.10 Å². The number of halogens is 2. The van der Waals surface area contributed by atoms with Crippen molar-refractivity contribution < 1.29 is 9.18 Å². The average Bonchev–Trinajstić information content (AvgIpc) is 3.21. The third kappa shape index (κ3) is 2.98. The number of nitrogens with zero attached hydrogens (tertiary/aromatic N) is 4. The van der Waals surface area contributed by atoms with E-state index in [0.29, 0.717) is 40.3 Å². The van der Waals surface area contributed by atoms with Crippen LogP contribution in [-0.2, 0) is 18.3 Å². The van der Waals surface area contributed by atoms with Crippen LogP contribution in [0.4, 0.5) is 10.2 Å². The molecule has 7 nitrogen and oxygen atoms in total. The van der Waals surface area contributed by atoms with E-state index >= 15 is 0 Å². The van der Waals surface area contributed by atoms with Crippen LogP contribution in [0.25, 0.3) is 5.52 Å².